The lowest BCUT2D eigenvalue weighted by atomic mass is 9.94. The number of halogens is 1. The first-order valence-corrected chi connectivity index (χ1v) is 9.93. The summed E-state index contributed by atoms with van der Waals surface area (Å²) in [5.41, 5.74) is 1.34. The molecule has 0 N–H and O–H groups in total. The minimum absolute atomic E-state index is 0.233. The van der Waals surface area contributed by atoms with Crippen molar-refractivity contribution in [3.8, 4) is 0 Å². The largest absolute Gasteiger partial charge is 0.340 e. The number of hydrogen-bond acceptors (Lipinski definition) is 3. The first-order valence-electron chi connectivity index (χ1n) is 9.13. The van der Waals surface area contributed by atoms with Crippen molar-refractivity contribution in [3.63, 3.8) is 0 Å². The molecule has 1 aromatic rings. The Morgan fingerprint density at radius 2 is 1.79 bits per heavy atom. The summed E-state index contributed by atoms with van der Waals surface area (Å²) in [5, 5.41) is 0. The van der Waals surface area contributed by atoms with Gasteiger partial charge in [-0.2, -0.15) is 0 Å². The molecule has 0 aromatic heterocycles. The van der Waals surface area contributed by atoms with E-state index in [2.05, 4.69) is 61.8 Å². The quantitative estimate of drug-likeness (QED) is 0.786. The maximum atomic E-state index is 12.7. The lowest BCUT2D eigenvalue weighted by Gasteiger charge is -2.38. The highest BCUT2D eigenvalue weighted by Crippen LogP contribution is 2.22. The molecule has 2 heterocycles. The van der Waals surface area contributed by atoms with Crippen molar-refractivity contribution in [3.05, 3.63) is 34.3 Å². The number of likely N-dealkylation sites (tertiary alicyclic amines) is 1. The molecule has 0 atom stereocenters. The molecule has 4 nitrogen and oxygen atoms in total. The molecule has 2 aliphatic rings. The Balaban J connectivity index is 1.45. The second-order valence-corrected chi connectivity index (χ2v) is 7.86. The number of nitrogens with zero attached hydrogens (tertiary/aromatic N) is 3. The van der Waals surface area contributed by atoms with Crippen LogP contribution in [-0.4, -0.2) is 66.4 Å². The number of likely N-dealkylation sites (N-methyl/N-ethyl adjacent to an activating group) is 1. The van der Waals surface area contributed by atoms with E-state index in [0.29, 0.717) is 5.91 Å². The van der Waals surface area contributed by atoms with E-state index in [1.165, 1.54) is 5.56 Å². The van der Waals surface area contributed by atoms with E-state index in [4.69, 9.17) is 0 Å². The number of rotatable bonds is 4. The lowest BCUT2D eigenvalue weighted by molar-refractivity contribution is -0.138. The van der Waals surface area contributed by atoms with Crippen LogP contribution in [0.4, 0.5) is 0 Å². The Morgan fingerprint density at radius 3 is 2.42 bits per heavy atom. The third-order valence-electron chi connectivity index (χ3n) is 5.36. The van der Waals surface area contributed by atoms with Crippen molar-refractivity contribution in [2.75, 3.05) is 45.8 Å². The molecule has 3 rings (SSSR count). The zero-order valence-corrected chi connectivity index (χ0v) is 16.2. The smallest absolute Gasteiger partial charge is 0.225 e. The fourth-order valence-electron chi connectivity index (χ4n) is 3.77. The summed E-state index contributed by atoms with van der Waals surface area (Å²) in [6.45, 7) is 10.2. The second kappa shape index (κ2) is 8.45. The third-order valence-corrected chi connectivity index (χ3v) is 5.86. The highest BCUT2D eigenvalue weighted by Gasteiger charge is 2.30. The van der Waals surface area contributed by atoms with Crippen molar-refractivity contribution in [1.82, 2.24) is 14.7 Å². The van der Waals surface area contributed by atoms with Crippen LogP contribution in [0.1, 0.15) is 25.3 Å². The molecule has 2 aliphatic heterocycles. The molecule has 132 valence electrons. The summed E-state index contributed by atoms with van der Waals surface area (Å²) < 4.78 is 1.14. The Labute approximate surface area is 153 Å². The summed E-state index contributed by atoms with van der Waals surface area (Å²) >= 11 is 3.54. The minimum atomic E-state index is 0.233. The van der Waals surface area contributed by atoms with Gasteiger partial charge in [0.05, 0.1) is 0 Å². The van der Waals surface area contributed by atoms with Crippen LogP contribution in [0.15, 0.2) is 28.7 Å². The molecule has 24 heavy (non-hydrogen) atoms. The molecule has 0 unspecified atom stereocenters. The van der Waals surface area contributed by atoms with E-state index >= 15 is 0 Å². The van der Waals surface area contributed by atoms with Gasteiger partial charge in [-0.25, -0.2) is 0 Å². The average Bonchev–Trinajstić information content (AvgIpc) is 2.62. The van der Waals surface area contributed by atoms with Crippen LogP contribution in [-0.2, 0) is 11.3 Å². The van der Waals surface area contributed by atoms with Crippen LogP contribution in [0.25, 0.3) is 0 Å². The SMILES string of the molecule is CCN1CCN(C(=O)C2CCN(Cc3cccc(Br)c3)CC2)CC1. The second-order valence-electron chi connectivity index (χ2n) is 6.94. The normalized spacial score (nSPS) is 21.2. The molecule has 0 aliphatic carbocycles. The van der Waals surface area contributed by atoms with Gasteiger partial charge in [-0.05, 0) is 50.2 Å². The maximum absolute atomic E-state index is 12.7. The molecular formula is C19H28BrN3O. The van der Waals surface area contributed by atoms with Crippen molar-refractivity contribution < 1.29 is 4.79 Å². The Kier molecular flexibility index (Phi) is 6.31. The fraction of sp³-hybridized carbons (Fsp3) is 0.632. The van der Waals surface area contributed by atoms with Crippen molar-refractivity contribution in [2.45, 2.75) is 26.3 Å². The number of piperazine rings is 1. The summed E-state index contributed by atoms with van der Waals surface area (Å²) in [6.07, 6.45) is 2.00. The monoisotopic (exact) mass is 393 g/mol. The van der Waals surface area contributed by atoms with Crippen molar-refractivity contribution in [2.24, 2.45) is 5.92 Å². The van der Waals surface area contributed by atoms with Gasteiger partial charge >= 0.3 is 0 Å². The van der Waals surface area contributed by atoms with Gasteiger partial charge in [-0.1, -0.05) is 35.0 Å². The van der Waals surface area contributed by atoms with Crippen LogP contribution >= 0.6 is 15.9 Å². The number of carbonyl (C=O) groups is 1. The van der Waals surface area contributed by atoms with E-state index < -0.39 is 0 Å². The summed E-state index contributed by atoms with van der Waals surface area (Å²) in [6, 6.07) is 8.51. The maximum Gasteiger partial charge on any atom is 0.225 e. The minimum Gasteiger partial charge on any atom is -0.340 e. The van der Waals surface area contributed by atoms with Gasteiger partial charge in [0.15, 0.2) is 0 Å². The molecule has 0 radical (unpaired) electrons. The van der Waals surface area contributed by atoms with Gasteiger partial charge < -0.3 is 9.80 Å². The standard InChI is InChI=1S/C19H28BrN3O/c1-2-21-10-12-23(13-11-21)19(24)17-6-8-22(9-7-17)15-16-4-3-5-18(20)14-16/h3-5,14,17H,2,6-13,15H2,1H3. The topological polar surface area (TPSA) is 26.8 Å². The van der Waals surface area contributed by atoms with Crippen LogP contribution in [0, 0.1) is 5.92 Å². The van der Waals surface area contributed by atoms with Gasteiger partial charge in [0, 0.05) is 43.1 Å². The average molecular weight is 394 g/mol. The number of piperidine rings is 1. The highest BCUT2D eigenvalue weighted by molar-refractivity contribution is 9.10. The number of amides is 1. The molecule has 0 spiro atoms. The highest BCUT2D eigenvalue weighted by atomic mass is 79.9. The Bertz CT molecular complexity index is 549. The number of hydrogen-bond donors (Lipinski definition) is 0. The summed E-state index contributed by atoms with van der Waals surface area (Å²) in [7, 11) is 0. The number of benzene rings is 1. The van der Waals surface area contributed by atoms with Gasteiger partial charge in [0.2, 0.25) is 5.91 Å². The Morgan fingerprint density at radius 1 is 1.08 bits per heavy atom. The molecular weight excluding hydrogens is 366 g/mol. The van der Waals surface area contributed by atoms with Crippen LogP contribution in [0.2, 0.25) is 0 Å². The number of carbonyl (C=O) groups excluding carboxylic acids is 1. The zero-order chi connectivity index (χ0) is 16.9. The summed E-state index contributed by atoms with van der Waals surface area (Å²) in [4.78, 5) is 19.7. The van der Waals surface area contributed by atoms with E-state index in [-0.39, 0.29) is 5.92 Å². The van der Waals surface area contributed by atoms with Crippen LogP contribution < -0.4 is 0 Å². The predicted molar refractivity (Wildman–Crippen MR) is 101 cm³/mol. The zero-order valence-electron chi connectivity index (χ0n) is 14.6. The van der Waals surface area contributed by atoms with E-state index in [1.807, 2.05) is 0 Å². The summed E-state index contributed by atoms with van der Waals surface area (Å²) in [5.74, 6) is 0.629. The lowest BCUT2D eigenvalue weighted by Crippen LogP contribution is -2.51. The predicted octanol–water partition coefficient (Wildman–Crippen LogP) is 2.83. The van der Waals surface area contributed by atoms with E-state index in [1.54, 1.807) is 0 Å². The van der Waals surface area contributed by atoms with E-state index in [9.17, 15) is 4.79 Å². The molecule has 1 amide bonds. The van der Waals surface area contributed by atoms with E-state index in [0.717, 1.165) is 69.7 Å². The van der Waals surface area contributed by atoms with Crippen LogP contribution in [0.3, 0.4) is 0 Å². The van der Waals surface area contributed by atoms with Crippen molar-refractivity contribution in [1.29, 1.82) is 0 Å². The first-order chi connectivity index (χ1) is 11.7. The molecule has 1 aromatic carbocycles. The molecule has 2 fully saturated rings. The van der Waals surface area contributed by atoms with Gasteiger partial charge in [0.25, 0.3) is 0 Å². The Hall–Kier alpha value is -0.910. The van der Waals surface area contributed by atoms with Gasteiger partial charge in [-0.3, -0.25) is 9.69 Å². The van der Waals surface area contributed by atoms with Gasteiger partial charge in [0.1, 0.15) is 0 Å². The molecule has 2 saturated heterocycles. The van der Waals surface area contributed by atoms with Crippen LogP contribution in [0.5, 0.6) is 0 Å². The van der Waals surface area contributed by atoms with Crippen molar-refractivity contribution >= 4 is 21.8 Å². The first kappa shape index (κ1) is 17.9. The fourth-order valence-corrected chi connectivity index (χ4v) is 4.22. The molecule has 5 heteroatoms. The molecule has 0 bridgehead atoms. The van der Waals surface area contributed by atoms with Gasteiger partial charge in [-0.15, -0.1) is 0 Å². The molecule has 0 saturated carbocycles. The third kappa shape index (κ3) is 4.58.